The number of phosphoric acid groups is 1. The molecule has 63 heavy (non-hydrogen) atoms. The van der Waals surface area contributed by atoms with Crippen LogP contribution in [-0.2, 0) is 42.7 Å². The molecule has 0 fully saturated rings. The second kappa shape index (κ2) is 34.8. The molecule has 0 aromatic heterocycles. The summed E-state index contributed by atoms with van der Waals surface area (Å²) in [6.45, 7) is 2.81. The fourth-order valence-electron chi connectivity index (χ4n) is 7.71. The molecular weight excluding hydrogens is 840 g/mol. The van der Waals surface area contributed by atoms with Crippen molar-refractivity contribution in [2.24, 2.45) is 0 Å². The number of nitrogens with zero attached hydrogens (tertiary/aromatic N) is 1. The average molecular weight is 925 g/mol. The van der Waals surface area contributed by atoms with E-state index in [2.05, 4.69) is 18.6 Å². The zero-order valence-electron chi connectivity index (χ0n) is 39.6. The Bertz CT molecular complexity index is 1670. The molecule has 0 amide bonds. The summed E-state index contributed by atoms with van der Waals surface area (Å²) in [7, 11) is -4.97. The molecule has 0 bridgehead atoms. The molecule has 2 atom stereocenters. The van der Waals surface area contributed by atoms with Crippen LogP contribution in [0.25, 0.3) is 10.8 Å². The average Bonchev–Trinajstić information content (AvgIpc) is 3.26. The Morgan fingerprint density at radius 3 is 1.56 bits per heavy atom. The maximum Gasteiger partial charge on any atom is 0.472 e. The molecule has 0 aliphatic carbocycles. The maximum absolute atomic E-state index is 13.3. The van der Waals surface area contributed by atoms with Gasteiger partial charge in [0.2, 0.25) is 10.0 Å². The SMILES string of the molecule is CCCCCCCCCCCCCCCC(=O)OCC(COP(=O)(O)OCCNS(=O)(=O)c1cccc2c(N(C)C)cccc12)OC(=O)CCCCCCCCCCCCCCC. The second-order valence-electron chi connectivity index (χ2n) is 17.3. The van der Waals surface area contributed by atoms with Gasteiger partial charge in [0.1, 0.15) is 6.61 Å². The standard InChI is InChI=1S/C49H85N2O10PS/c1-5-7-9-11-13-15-17-19-21-23-25-27-29-37-48(52)58-41-43(61-49(53)38-30-28-26-24-22-20-18-16-14-12-10-8-6-2)42-60-62(54,55)59-40-39-50-63(56,57)47-36-32-33-44-45(47)34-31-35-46(44)51(3)4/h31-36,43,50H,5-30,37-42H2,1-4H3,(H,54,55). The van der Waals surface area contributed by atoms with E-state index in [0.29, 0.717) is 18.2 Å². The van der Waals surface area contributed by atoms with Crippen molar-refractivity contribution in [2.75, 3.05) is 45.4 Å². The summed E-state index contributed by atoms with van der Waals surface area (Å²) in [6.07, 6.45) is 30.1. The Kier molecular flexibility index (Phi) is 31.2. The summed E-state index contributed by atoms with van der Waals surface area (Å²) in [4.78, 5) is 37.9. The Balaban J connectivity index is 1.79. The van der Waals surface area contributed by atoms with Gasteiger partial charge in [0.15, 0.2) is 6.10 Å². The number of ether oxygens (including phenoxy) is 2. The molecule has 2 N–H and O–H groups in total. The van der Waals surface area contributed by atoms with Crippen molar-refractivity contribution in [2.45, 2.75) is 205 Å². The number of nitrogens with one attached hydrogen (secondary N) is 1. The summed E-state index contributed by atoms with van der Waals surface area (Å²) >= 11 is 0. The summed E-state index contributed by atoms with van der Waals surface area (Å²) in [5.74, 6) is -0.941. The zero-order chi connectivity index (χ0) is 46.0. The van der Waals surface area contributed by atoms with Gasteiger partial charge in [-0.25, -0.2) is 17.7 Å². The topological polar surface area (TPSA) is 158 Å². The van der Waals surface area contributed by atoms with E-state index in [0.717, 1.165) is 49.6 Å². The molecular formula is C49H85N2O10PS. The molecule has 0 radical (unpaired) electrons. The summed E-state index contributed by atoms with van der Waals surface area (Å²) < 4.78 is 63.1. The predicted molar refractivity (Wildman–Crippen MR) is 257 cm³/mol. The minimum atomic E-state index is -4.72. The number of benzene rings is 2. The van der Waals surface area contributed by atoms with Crippen molar-refractivity contribution in [3.63, 3.8) is 0 Å². The van der Waals surface area contributed by atoms with Crippen molar-refractivity contribution in [3.8, 4) is 0 Å². The lowest BCUT2D eigenvalue weighted by atomic mass is 10.0. The molecule has 0 saturated carbocycles. The van der Waals surface area contributed by atoms with E-state index >= 15 is 0 Å². The molecule has 0 spiro atoms. The Morgan fingerprint density at radius 1 is 0.619 bits per heavy atom. The molecule has 2 aromatic carbocycles. The van der Waals surface area contributed by atoms with Gasteiger partial charge in [-0.2, -0.15) is 0 Å². The van der Waals surface area contributed by atoms with E-state index in [4.69, 9.17) is 18.5 Å². The third-order valence-electron chi connectivity index (χ3n) is 11.4. The normalized spacial score (nSPS) is 13.2. The Morgan fingerprint density at radius 2 is 1.06 bits per heavy atom. The van der Waals surface area contributed by atoms with E-state index in [1.54, 1.807) is 18.2 Å². The van der Waals surface area contributed by atoms with Crippen molar-refractivity contribution >= 4 is 46.2 Å². The zero-order valence-corrected chi connectivity index (χ0v) is 41.3. The lowest BCUT2D eigenvalue weighted by molar-refractivity contribution is -0.161. The predicted octanol–water partition coefficient (Wildman–Crippen LogP) is 12.7. The highest BCUT2D eigenvalue weighted by molar-refractivity contribution is 7.89. The molecule has 0 aliphatic heterocycles. The van der Waals surface area contributed by atoms with Crippen LogP contribution < -0.4 is 9.62 Å². The molecule has 362 valence electrons. The number of hydrogen-bond acceptors (Lipinski definition) is 10. The number of hydrogen-bond donors (Lipinski definition) is 2. The first-order chi connectivity index (χ1) is 30.4. The molecule has 2 aromatic rings. The van der Waals surface area contributed by atoms with E-state index in [9.17, 15) is 27.5 Å². The highest BCUT2D eigenvalue weighted by Crippen LogP contribution is 2.43. The summed E-state index contributed by atoms with van der Waals surface area (Å²) in [5.41, 5.74) is 0.861. The minimum Gasteiger partial charge on any atom is -0.462 e. The molecule has 2 rings (SSSR count). The van der Waals surface area contributed by atoms with Crippen molar-refractivity contribution in [3.05, 3.63) is 36.4 Å². The van der Waals surface area contributed by atoms with Crippen LogP contribution >= 0.6 is 7.82 Å². The lowest BCUT2D eigenvalue weighted by Gasteiger charge is -2.20. The van der Waals surface area contributed by atoms with Crippen LogP contribution in [0.5, 0.6) is 0 Å². The molecule has 0 heterocycles. The van der Waals surface area contributed by atoms with Gasteiger partial charge in [-0.05, 0) is 25.0 Å². The number of carbonyl (C=O) groups is 2. The number of unbranched alkanes of at least 4 members (excludes halogenated alkanes) is 24. The van der Waals surface area contributed by atoms with Gasteiger partial charge in [0, 0.05) is 49.9 Å². The third kappa shape index (κ3) is 26.9. The first kappa shape index (κ1) is 56.6. The molecule has 0 saturated heterocycles. The van der Waals surface area contributed by atoms with Crippen LogP contribution in [0, 0.1) is 0 Å². The van der Waals surface area contributed by atoms with Crippen molar-refractivity contribution in [1.29, 1.82) is 0 Å². The molecule has 0 aliphatic rings. The number of anilines is 1. The number of rotatable bonds is 41. The van der Waals surface area contributed by atoms with E-state index in [1.807, 2.05) is 31.1 Å². The maximum atomic E-state index is 13.3. The first-order valence-electron chi connectivity index (χ1n) is 24.6. The van der Waals surface area contributed by atoms with Gasteiger partial charge < -0.3 is 19.3 Å². The van der Waals surface area contributed by atoms with Crippen molar-refractivity contribution < 1.29 is 46.0 Å². The Hall–Kier alpha value is -2.54. The number of carbonyl (C=O) groups excluding carboxylic acids is 2. The van der Waals surface area contributed by atoms with E-state index in [-0.39, 0.29) is 30.9 Å². The molecule has 14 heteroatoms. The van der Waals surface area contributed by atoms with E-state index < -0.39 is 49.1 Å². The first-order valence-corrected chi connectivity index (χ1v) is 27.5. The van der Waals surface area contributed by atoms with Gasteiger partial charge in [-0.15, -0.1) is 0 Å². The van der Waals surface area contributed by atoms with Gasteiger partial charge in [-0.1, -0.05) is 192 Å². The fraction of sp³-hybridized carbons (Fsp3) is 0.755. The Labute approximate surface area is 382 Å². The monoisotopic (exact) mass is 925 g/mol. The van der Waals surface area contributed by atoms with Gasteiger partial charge >= 0.3 is 19.8 Å². The lowest BCUT2D eigenvalue weighted by Crippen LogP contribution is -2.30. The van der Waals surface area contributed by atoms with Gasteiger partial charge in [-0.3, -0.25) is 18.6 Å². The molecule has 12 nitrogen and oxygen atoms in total. The number of phosphoric ester groups is 1. The van der Waals surface area contributed by atoms with Crippen LogP contribution in [0.1, 0.15) is 194 Å². The van der Waals surface area contributed by atoms with E-state index in [1.165, 1.54) is 122 Å². The highest BCUT2D eigenvalue weighted by atomic mass is 32.2. The quantitative estimate of drug-likeness (QED) is 0.0371. The summed E-state index contributed by atoms with van der Waals surface area (Å²) in [6, 6.07) is 10.4. The number of esters is 2. The van der Waals surface area contributed by atoms with Crippen molar-refractivity contribution in [1.82, 2.24) is 4.72 Å². The highest BCUT2D eigenvalue weighted by Gasteiger charge is 2.27. The number of fused-ring (bicyclic) bond motifs is 1. The third-order valence-corrected chi connectivity index (χ3v) is 13.9. The second-order valence-corrected chi connectivity index (χ2v) is 20.5. The van der Waals surface area contributed by atoms with Crippen LogP contribution in [0.2, 0.25) is 0 Å². The van der Waals surface area contributed by atoms with Crippen LogP contribution in [-0.4, -0.2) is 71.8 Å². The molecule has 2 unspecified atom stereocenters. The largest absolute Gasteiger partial charge is 0.472 e. The van der Waals surface area contributed by atoms with Gasteiger partial charge in [0.25, 0.3) is 0 Å². The van der Waals surface area contributed by atoms with Crippen LogP contribution in [0.4, 0.5) is 5.69 Å². The van der Waals surface area contributed by atoms with Crippen LogP contribution in [0.15, 0.2) is 41.3 Å². The summed E-state index contributed by atoms with van der Waals surface area (Å²) in [5, 5.41) is 1.30. The minimum absolute atomic E-state index is 0.0687. The fourth-order valence-corrected chi connectivity index (χ4v) is 9.70. The number of sulfonamides is 1. The smallest absolute Gasteiger partial charge is 0.462 e. The van der Waals surface area contributed by atoms with Crippen LogP contribution in [0.3, 0.4) is 0 Å². The van der Waals surface area contributed by atoms with Gasteiger partial charge in [0.05, 0.1) is 18.1 Å².